The third-order valence-corrected chi connectivity index (χ3v) is 12.1. The van der Waals surface area contributed by atoms with Gasteiger partial charge in [-0.25, -0.2) is 0 Å². The van der Waals surface area contributed by atoms with Crippen molar-refractivity contribution in [2.75, 3.05) is 46.5 Å². The number of rotatable bonds is 48. The van der Waals surface area contributed by atoms with E-state index >= 15 is 0 Å². The van der Waals surface area contributed by atoms with Crippen molar-refractivity contribution in [3.63, 3.8) is 0 Å². The van der Waals surface area contributed by atoms with Gasteiger partial charge in [-0.3, -0.25) is 14.4 Å². The van der Waals surface area contributed by atoms with Gasteiger partial charge in [0.1, 0.15) is 39.5 Å². The maximum absolute atomic E-state index is 12.6. The zero-order chi connectivity index (χ0) is 45.3. The first-order valence-corrected chi connectivity index (χ1v) is 26.6. The van der Waals surface area contributed by atoms with Crippen LogP contribution in [0.4, 0.5) is 0 Å². The lowest BCUT2D eigenvalue weighted by molar-refractivity contribution is -0.910. The van der Waals surface area contributed by atoms with Crippen molar-refractivity contribution < 1.29 is 33.1 Å². The summed E-state index contributed by atoms with van der Waals surface area (Å²) in [7, 11) is 2.07. The Labute approximate surface area is 384 Å². The van der Waals surface area contributed by atoms with Crippen LogP contribution < -0.4 is 0 Å². The normalized spacial score (nSPS) is 12.0. The second-order valence-corrected chi connectivity index (χ2v) is 18.3. The Balaban J connectivity index is 4.48. The second kappa shape index (κ2) is 48.1. The molecule has 62 heavy (non-hydrogen) atoms. The van der Waals surface area contributed by atoms with Gasteiger partial charge in [-0.1, -0.05) is 173 Å². The molecule has 362 valence electrons. The Hall–Kier alpha value is -2.41. The Kier molecular flexibility index (Phi) is 46.2. The fourth-order valence-electron chi connectivity index (χ4n) is 7.65. The minimum Gasteiger partial charge on any atom is -0.460 e. The first kappa shape index (κ1) is 59.6. The summed E-state index contributed by atoms with van der Waals surface area (Å²) in [6, 6.07) is 0. The summed E-state index contributed by atoms with van der Waals surface area (Å²) in [6.07, 6.45) is 54.7. The Bertz CT molecular complexity index is 952. The van der Waals surface area contributed by atoms with E-state index in [9.17, 15) is 14.4 Å². The molecule has 0 aromatic rings. The van der Waals surface area contributed by atoms with E-state index in [1.807, 2.05) is 0 Å². The van der Waals surface area contributed by atoms with Gasteiger partial charge in [0, 0.05) is 19.3 Å². The van der Waals surface area contributed by atoms with Crippen LogP contribution in [0.25, 0.3) is 0 Å². The molecule has 0 atom stereocenters. The second-order valence-electron chi connectivity index (χ2n) is 18.3. The third-order valence-electron chi connectivity index (χ3n) is 12.1. The van der Waals surface area contributed by atoms with E-state index in [0.29, 0.717) is 63.2 Å². The van der Waals surface area contributed by atoms with E-state index in [1.54, 1.807) is 0 Å². The number of carbonyl (C=O) groups is 3. The highest BCUT2D eigenvalue weighted by molar-refractivity contribution is 5.69. The number of nitrogens with zero attached hydrogens (tertiary/aromatic N) is 1. The number of allylic oxidation sites excluding steroid dienone is 6. The fourth-order valence-corrected chi connectivity index (χ4v) is 7.65. The van der Waals surface area contributed by atoms with Gasteiger partial charge in [0.25, 0.3) is 0 Å². The lowest BCUT2D eigenvalue weighted by Crippen LogP contribution is -2.51. The SMILES string of the molecule is CCCCCC/C=C\CCCCCCCC(=O)OCC[N+](C)(CCOC(=O)CCCCCCC/C=C\CCCCCC)CCOC(=O)CCCCCCC/C=C\CCCCCC. The Morgan fingerprint density at radius 2 is 0.532 bits per heavy atom. The molecule has 0 rings (SSSR count). The molecule has 0 unspecified atom stereocenters. The number of unbranched alkanes of at least 4 members (excludes halogenated alkanes) is 27. The van der Waals surface area contributed by atoms with Crippen LogP contribution in [0.5, 0.6) is 0 Å². The summed E-state index contributed by atoms with van der Waals surface area (Å²) in [4.78, 5) is 37.8. The molecule has 7 heteroatoms. The Morgan fingerprint density at radius 3 is 0.774 bits per heavy atom. The first-order chi connectivity index (χ1) is 30.4. The molecule has 0 radical (unpaired) electrons. The fraction of sp³-hybridized carbons (Fsp3) is 0.836. The van der Waals surface area contributed by atoms with Crippen molar-refractivity contribution in [2.45, 2.75) is 252 Å². The molecule has 7 nitrogen and oxygen atoms in total. The van der Waals surface area contributed by atoms with Crippen molar-refractivity contribution in [3.05, 3.63) is 36.5 Å². The number of ether oxygens (including phenoxy) is 3. The molecule has 0 spiro atoms. The van der Waals surface area contributed by atoms with Crippen molar-refractivity contribution >= 4 is 17.9 Å². The van der Waals surface area contributed by atoms with Crippen molar-refractivity contribution in [2.24, 2.45) is 0 Å². The van der Waals surface area contributed by atoms with Gasteiger partial charge in [-0.05, 0) is 96.3 Å². The van der Waals surface area contributed by atoms with Crippen LogP contribution in [0.3, 0.4) is 0 Å². The molecule has 0 bridgehead atoms. The topological polar surface area (TPSA) is 78.9 Å². The molecule has 0 fully saturated rings. The van der Waals surface area contributed by atoms with Gasteiger partial charge in [0.2, 0.25) is 0 Å². The zero-order valence-electron chi connectivity index (χ0n) is 41.6. The molecule has 0 saturated carbocycles. The van der Waals surface area contributed by atoms with E-state index in [4.69, 9.17) is 14.2 Å². The largest absolute Gasteiger partial charge is 0.460 e. The minimum absolute atomic E-state index is 0.149. The lowest BCUT2D eigenvalue weighted by atomic mass is 10.1. The average Bonchev–Trinajstić information content (AvgIpc) is 3.25. The van der Waals surface area contributed by atoms with Gasteiger partial charge in [-0.2, -0.15) is 0 Å². The van der Waals surface area contributed by atoms with Gasteiger partial charge < -0.3 is 18.7 Å². The van der Waals surface area contributed by atoms with Crippen molar-refractivity contribution in [3.8, 4) is 0 Å². The highest BCUT2D eigenvalue weighted by Crippen LogP contribution is 2.13. The van der Waals surface area contributed by atoms with Crippen LogP contribution in [0.2, 0.25) is 0 Å². The number of carbonyl (C=O) groups excluding carboxylic acids is 3. The van der Waals surface area contributed by atoms with Crippen LogP contribution >= 0.6 is 0 Å². The highest BCUT2D eigenvalue weighted by atomic mass is 16.5. The standard InChI is InChI=1S/C55H102NO6/c1-5-8-11-14-17-20-23-26-29-32-35-38-41-44-53(57)60-50-47-56(4,48-51-61-54(58)45-42-39-36-33-30-27-24-21-18-15-12-9-6-2)49-52-62-55(59)46-43-40-37-34-31-28-25-22-19-16-13-10-7-3/h20-25H,5-19,26-52H2,1-4H3/q+1/b23-20-,24-21-,25-22-. The number of esters is 3. The number of quaternary nitrogens is 1. The molecule has 0 aliphatic heterocycles. The van der Waals surface area contributed by atoms with E-state index in [2.05, 4.69) is 64.3 Å². The maximum Gasteiger partial charge on any atom is 0.305 e. The number of hydrogen-bond acceptors (Lipinski definition) is 6. The molecular weight excluding hydrogens is 771 g/mol. The predicted molar refractivity (Wildman–Crippen MR) is 264 cm³/mol. The molecule has 0 saturated heterocycles. The lowest BCUT2D eigenvalue weighted by Gasteiger charge is -2.34. The van der Waals surface area contributed by atoms with Crippen molar-refractivity contribution in [1.29, 1.82) is 0 Å². The predicted octanol–water partition coefficient (Wildman–Crippen LogP) is 15.8. The number of hydrogen-bond donors (Lipinski definition) is 0. The molecule has 0 N–H and O–H groups in total. The van der Waals surface area contributed by atoms with Crippen LogP contribution in [0.1, 0.15) is 252 Å². The smallest absolute Gasteiger partial charge is 0.305 e. The summed E-state index contributed by atoms with van der Waals surface area (Å²) < 4.78 is 17.5. The first-order valence-electron chi connectivity index (χ1n) is 26.6. The molecule has 0 aliphatic rings. The molecule has 0 aliphatic carbocycles. The average molecular weight is 873 g/mol. The summed E-state index contributed by atoms with van der Waals surface area (Å²) >= 11 is 0. The van der Waals surface area contributed by atoms with Gasteiger partial charge in [0.05, 0.1) is 7.05 Å². The van der Waals surface area contributed by atoms with Crippen LogP contribution in [-0.4, -0.2) is 68.9 Å². The Morgan fingerprint density at radius 1 is 0.323 bits per heavy atom. The summed E-state index contributed by atoms with van der Waals surface area (Å²) in [5, 5.41) is 0. The monoisotopic (exact) mass is 873 g/mol. The summed E-state index contributed by atoms with van der Waals surface area (Å²) in [5.74, 6) is -0.447. The maximum atomic E-state index is 12.6. The van der Waals surface area contributed by atoms with Crippen molar-refractivity contribution in [1.82, 2.24) is 0 Å². The summed E-state index contributed by atoms with van der Waals surface area (Å²) in [6.45, 7) is 9.38. The zero-order valence-corrected chi connectivity index (χ0v) is 41.6. The van der Waals surface area contributed by atoms with Gasteiger partial charge in [0.15, 0.2) is 0 Å². The van der Waals surface area contributed by atoms with Gasteiger partial charge in [-0.15, -0.1) is 0 Å². The van der Waals surface area contributed by atoms with Gasteiger partial charge >= 0.3 is 17.9 Å². The molecular formula is C55H102NO6+. The highest BCUT2D eigenvalue weighted by Gasteiger charge is 2.24. The van der Waals surface area contributed by atoms with Crippen LogP contribution in [0, 0.1) is 0 Å². The third kappa shape index (κ3) is 45.6. The quantitative estimate of drug-likeness (QED) is 0.0199. The summed E-state index contributed by atoms with van der Waals surface area (Å²) in [5.41, 5.74) is 0. The van der Waals surface area contributed by atoms with E-state index in [0.717, 1.165) is 77.0 Å². The molecule has 0 amide bonds. The molecule has 0 aromatic carbocycles. The van der Waals surface area contributed by atoms with E-state index < -0.39 is 0 Å². The minimum atomic E-state index is -0.149. The molecule has 0 aromatic heterocycles. The van der Waals surface area contributed by atoms with E-state index in [-0.39, 0.29) is 17.9 Å². The number of likely N-dealkylation sites (N-methyl/N-ethyl adjacent to an activating group) is 1. The van der Waals surface area contributed by atoms with Crippen LogP contribution in [-0.2, 0) is 28.6 Å². The molecule has 0 heterocycles. The van der Waals surface area contributed by atoms with Crippen LogP contribution in [0.15, 0.2) is 36.5 Å². The van der Waals surface area contributed by atoms with E-state index in [1.165, 1.54) is 135 Å².